The van der Waals surface area contributed by atoms with Gasteiger partial charge in [0.25, 0.3) is 5.91 Å². The molecule has 3 rings (SSSR count). The maximum absolute atomic E-state index is 12.3. The molecule has 2 N–H and O–H groups in total. The molecule has 6 nitrogen and oxygen atoms in total. The number of anilines is 2. The van der Waals surface area contributed by atoms with Gasteiger partial charge in [-0.15, -0.1) is 0 Å². The van der Waals surface area contributed by atoms with E-state index in [0.717, 1.165) is 22.6 Å². The van der Waals surface area contributed by atoms with Crippen molar-refractivity contribution in [2.75, 3.05) is 37.0 Å². The summed E-state index contributed by atoms with van der Waals surface area (Å²) in [6, 6.07) is 11.3. The first-order chi connectivity index (χ1) is 12.4. The molecule has 0 saturated carbocycles. The number of amides is 2. The molecule has 2 aromatic carbocycles. The van der Waals surface area contributed by atoms with Gasteiger partial charge in [-0.1, -0.05) is 6.07 Å². The second-order valence-electron chi connectivity index (χ2n) is 6.56. The summed E-state index contributed by atoms with van der Waals surface area (Å²) in [5, 5.41) is 5.64. The maximum atomic E-state index is 12.3. The Bertz CT molecular complexity index is 828. The number of likely N-dealkylation sites (N-methyl/N-ethyl adjacent to an activating group) is 1. The van der Waals surface area contributed by atoms with Crippen LogP contribution in [0, 0.1) is 13.8 Å². The van der Waals surface area contributed by atoms with Gasteiger partial charge >= 0.3 is 0 Å². The van der Waals surface area contributed by atoms with Crippen LogP contribution >= 0.6 is 0 Å². The van der Waals surface area contributed by atoms with Crippen LogP contribution in [0.25, 0.3) is 0 Å². The number of hydrogen-bond acceptors (Lipinski definition) is 4. The highest BCUT2D eigenvalue weighted by atomic mass is 16.5. The van der Waals surface area contributed by atoms with E-state index in [-0.39, 0.29) is 11.8 Å². The fraction of sp³-hybridized carbons (Fsp3) is 0.300. The molecule has 2 amide bonds. The van der Waals surface area contributed by atoms with Crippen molar-refractivity contribution in [3.05, 3.63) is 53.1 Å². The van der Waals surface area contributed by atoms with E-state index in [0.29, 0.717) is 30.9 Å². The van der Waals surface area contributed by atoms with Crippen LogP contribution < -0.4 is 20.3 Å². The van der Waals surface area contributed by atoms with Crippen LogP contribution in [-0.4, -0.2) is 38.6 Å². The van der Waals surface area contributed by atoms with Gasteiger partial charge < -0.3 is 20.3 Å². The molecule has 26 heavy (non-hydrogen) atoms. The molecule has 0 atom stereocenters. The second kappa shape index (κ2) is 7.47. The van der Waals surface area contributed by atoms with Gasteiger partial charge in [0.1, 0.15) is 12.4 Å². The number of ether oxygens (including phenoxy) is 1. The maximum Gasteiger partial charge on any atom is 0.251 e. The molecule has 2 aromatic rings. The number of carbonyl (C=O) groups excluding carboxylic acids is 2. The highest BCUT2D eigenvalue weighted by Crippen LogP contribution is 2.29. The third-order valence-corrected chi connectivity index (χ3v) is 4.18. The molecule has 136 valence electrons. The zero-order valence-electron chi connectivity index (χ0n) is 15.3. The molecule has 0 unspecified atom stereocenters. The fourth-order valence-corrected chi connectivity index (χ4v) is 3.05. The van der Waals surface area contributed by atoms with Crippen molar-refractivity contribution < 1.29 is 14.3 Å². The lowest BCUT2D eigenvalue weighted by molar-refractivity contribution is -0.115. The Balaban J connectivity index is 1.55. The fourth-order valence-electron chi connectivity index (χ4n) is 3.05. The van der Waals surface area contributed by atoms with Gasteiger partial charge in [-0.25, -0.2) is 0 Å². The molecule has 6 heteroatoms. The number of nitrogens with one attached hydrogen (secondary N) is 2. The number of carbonyl (C=O) groups is 2. The zero-order chi connectivity index (χ0) is 18.7. The van der Waals surface area contributed by atoms with Crippen LogP contribution in [0.5, 0.6) is 5.75 Å². The number of aryl methyl sites for hydroxylation is 2. The van der Waals surface area contributed by atoms with E-state index >= 15 is 0 Å². The molecule has 0 aliphatic carbocycles. The van der Waals surface area contributed by atoms with E-state index in [2.05, 4.69) is 16.7 Å². The van der Waals surface area contributed by atoms with Gasteiger partial charge in [-0.3, -0.25) is 9.59 Å². The summed E-state index contributed by atoms with van der Waals surface area (Å²) < 4.78 is 5.69. The summed E-state index contributed by atoms with van der Waals surface area (Å²) in [6.45, 7) is 5.14. The Morgan fingerprint density at radius 3 is 2.65 bits per heavy atom. The SMILES string of the molecule is Cc1cc(C)cc(OCCNC(=O)c2ccc3c(c2)NC(=O)CN3C)c1. The van der Waals surface area contributed by atoms with Crippen LogP contribution in [0.4, 0.5) is 11.4 Å². The summed E-state index contributed by atoms with van der Waals surface area (Å²) in [7, 11) is 1.85. The lowest BCUT2D eigenvalue weighted by Gasteiger charge is -2.27. The Kier molecular flexibility index (Phi) is 5.11. The molecule has 1 aliphatic heterocycles. The highest BCUT2D eigenvalue weighted by Gasteiger charge is 2.20. The molecular formula is C20H23N3O3. The molecule has 1 aliphatic rings. The minimum atomic E-state index is -0.195. The molecular weight excluding hydrogens is 330 g/mol. The van der Waals surface area contributed by atoms with Crippen molar-refractivity contribution in [3.8, 4) is 5.75 Å². The molecule has 0 radical (unpaired) electrons. The number of rotatable bonds is 5. The Labute approximate surface area is 153 Å². The highest BCUT2D eigenvalue weighted by molar-refractivity contribution is 6.03. The monoisotopic (exact) mass is 353 g/mol. The predicted molar refractivity (Wildman–Crippen MR) is 102 cm³/mol. The van der Waals surface area contributed by atoms with Gasteiger partial charge in [0.2, 0.25) is 5.91 Å². The summed E-state index contributed by atoms with van der Waals surface area (Å²) in [5.74, 6) is 0.523. The number of benzene rings is 2. The molecule has 1 heterocycles. The summed E-state index contributed by atoms with van der Waals surface area (Å²) in [4.78, 5) is 25.8. The third-order valence-electron chi connectivity index (χ3n) is 4.18. The van der Waals surface area contributed by atoms with Gasteiger partial charge in [0.05, 0.1) is 24.5 Å². The van der Waals surface area contributed by atoms with E-state index in [1.807, 2.05) is 44.0 Å². The van der Waals surface area contributed by atoms with Crippen molar-refractivity contribution in [2.24, 2.45) is 0 Å². The Hall–Kier alpha value is -3.02. The molecule has 0 aromatic heterocycles. The van der Waals surface area contributed by atoms with Crippen molar-refractivity contribution in [3.63, 3.8) is 0 Å². The average molecular weight is 353 g/mol. The molecule has 0 bridgehead atoms. The van der Waals surface area contributed by atoms with Gasteiger partial charge in [-0.2, -0.15) is 0 Å². The first-order valence-electron chi connectivity index (χ1n) is 8.57. The second-order valence-corrected chi connectivity index (χ2v) is 6.56. The lowest BCUT2D eigenvalue weighted by atomic mass is 10.1. The van der Waals surface area contributed by atoms with E-state index in [1.54, 1.807) is 12.1 Å². The van der Waals surface area contributed by atoms with Gasteiger partial charge in [0.15, 0.2) is 0 Å². The van der Waals surface area contributed by atoms with Crippen molar-refractivity contribution in [1.82, 2.24) is 5.32 Å². The minimum Gasteiger partial charge on any atom is -0.492 e. The number of nitrogens with zero attached hydrogens (tertiary/aromatic N) is 1. The molecule has 0 fully saturated rings. The summed E-state index contributed by atoms with van der Waals surface area (Å²) in [6.07, 6.45) is 0. The Morgan fingerprint density at radius 1 is 1.19 bits per heavy atom. The smallest absolute Gasteiger partial charge is 0.251 e. The number of fused-ring (bicyclic) bond motifs is 1. The first kappa shape index (κ1) is 17.8. The lowest BCUT2D eigenvalue weighted by Crippen LogP contribution is -2.35. The third kappa shape index (κ3) is 4.14. The van der Waals surface area contributed by atoms with E-state index in [9.17, 15) is 9.59 Å². The largest absolute Gasteiger partial charge is 0.492 e. The van der Waals surface area contributed by atoms with Crippen LogP contribution in [0.2, 0.25) is 0 Å². The van der Waals surface area contributed by atoms with Crippen LogP contribution in [0.1, 0.15) is 21.5 Å². The van der Waals surface area contributed by atoms with Crippen LogP contribution in [-0.2, 0) is 4.79 Å². The van der Waals surface area contributed by atoms with Crippen LogP contribution in [0.15, 0.2) is 36.4 Å². The zero-order valence-corrected chi connectivity index (χ0v) is 15.3. The van der Waals surface area contributed by atoms with Crippen molar-refractivity contribution in [2.45, 2.75) is 13.8 Å². The van der Waals surface area contributed by atoms with Crippen molar-refractivity contribution in [1.29, 1.82) is 0 Å². The average Bonchev–Trinajstić information content (AvgIpc) is 2.57. The normalized spacial score (nSPS) is 13.0. The van der Waals surface area contributed by atoms with Crippen LogP contribution in [0.3, 0.4) is 0 Å². The Morgan fingerprint density at radius 2 is 1.92 bits per heavy atom. The first-order valence-corrected chi connectivity index (χ1v) is 8.57. The van der Waals surface area contributed by atoms with Gasteiger partial charge in [-0.05, 0) is 55.3 Å². The minimum absolute atomic E-state index is 0.0839. The molecule has 0 saturated heterocycles. The quantitative estimate of drug-likeness (QED) is 0.811. The predicted octanol–water partition coefficient (Wildman–Crippen LogP) is 2.50. The van der Waals surface area contributed by atoms with Crippen molar-refractivity contribution >= 4 is 23.2 Å². The van der Waals surface area contributed by atoms with E-state index in [1.165, 1.54) is 0 Å². The number of hydrogen-bond donors (Lipinski definition) is 2. The van der Waals surface area contributed by atoms with E-state index in [4.69, 9.17) is 4.74 Å². The van der Waals surface area contributed by atoms with E-state index < -0.39 is 0 Å². The topological polar surface area (TPSA) is 70.7 Å². The molecule has 0 spiro atoms. The van der Waals surface area contributed by atoms with Gasteiger partial charge in [0, 0.05) is 12.6 Å². The standard InChI is InChI=1S/C20H23N3O3/c1-13-8-14(2)10-16(9-13)26-7-6-21-20(25)15-4-5-18-17(11-15)22-19(24)12-23(18)3/h4-5,8-11H,6-7,12H2,1-3H3,(H,21,25)(H,22,24). The summed E-state index contributed by atoms with van der Waals surface area (Å²) >= 11 is 0. The summed E-state index contributed by atoms with van der Waals surface area (Å²) in [5.41, 5.74) is 4.35.